The van der Waals surface area contributed by atoms with Crippen molar-refractivity contribution in [3.63, 3.8) is 0 Å². The molecule has 0 radical (unpaired) electrons. The number of nitrogens with zero attached hydrogens (tertiary/aromatic N) is 2. The molecule has 1 fully saturated rings. The maximum atomic E-state index is 12.3. The third-order valence-electron chi connectivity index (χ3n) is 4.20. The Morgan fingerprint density at radius 2 is 2.00 bits per heavy atom. The molecular weight excluding hydrogens is 256 g/mol. The number of nitrogens with one attached hydrogen (secondary N) is 1. The molecule has 20 heavy (non-hydrogen) atoms. The molecule has 0 unspecified atom stereocenters. The zero-order valence-corrected chi connectivity index (χ0v) is 12.5. The molecule has 1 saturated carbocycles. The van der Waals surface area contributed by atoms with Gasteiger partial charge in [0.15, 0.2) is 0 Å². The highest BCUT2D eigenvalue weighted by atomic mass is 16.2. The van der Waals surface area contributed by atoms with Gasteiger partial charge in [0.1, 0.15) is 11.5 Å². The lowest BCUT2D eigenvalue weighted by atomic mass is 9.78. The summed E-state index contributed by atoms with van der Waals surface area (Å²) in [5.74, 6) is 0.264. The van der Waals surface area contributed by atoms with Crippen LogP contribution in [0.25, 0.3) is 0 Å². The number of hydrogen-bond acceptors (Lipinski definition) is 4. The normalized spacial score (nSPS) is 16.8. The van der Waals surface area contributed by atoms with Crippen LogP contribution in [0.4, 0.5) is 11.5 Å². The monoisotopic (exact) mass is 280 g/mol. The summed E-state index contributed by atoms with van der Waals surface area (Å²) >= 11 is 0. The Morgan fingerprint density at radius 1 is 1.35 bits per heavy atom. The molecule has 1 aliphatic carbocycles. The van der Waals surface area contributed by atoms with E-state index in [1.807, 2.05) is 0 Å². The lowest BCUT2D eigenvalue weighted by Gasteiger charge is -2.40. The van der Waals surface area contributed by atoms with Crippen molar-refractivity contribution in [3.05, 3.63) is 20.8 Å². The molecular formula is C14H24N4O2. The highest BCUT2D eigenvalue weighted by Gasteiger charge is 2.33. The minimum absolute atomic E-state index is 0.0761. The van der Waals surface area contributed by atoms with Crippen molar-refractivity contribution in [2.24, 2.45) is 7.05 Å². The Labute approximate surface area is 118 Å². The molecule has 1 aliphatic rings. The Morgan fingerprint density at radius 3 is 2.50 bits per heavy atom. The Kier molecular flexibility index (Phi) is 3.92. The van der Waals surface area contributed by atoms with Gasteiger partial charge in [-0.05, 0) is 32.6 Å². The molecule has 0 bridgehead atoms. The fourth-order valence-corrected chi connectivity index (χ4v) is 2.57. The van der Waals surface area contributed by atoms with Crippen LogP contribution in [0.1, 0.15) is 46.0 Å². The summed E-state index contributed by atoms with van der Waals surface area (Å²) < 4.78 is 2.63. The molecule has 6 nitrogen and oxygen atoms in total. The van der Waals surface area contributed by atoms with Crippen molar-refractivity contribution in [1.29, 1.82) is 0 Å². The van der Waals surface area contributed by atoms with E-state index >= 15 is 0 Å². The smallest absolute Gasteiger partial charge is 0.332 e. The van der Waals surface area contributed by atoms with Gasteiger partial charge in [-0.3, -0.25) is 13.9 Å². The van der Waals surface area contributed by atoms with Crippen molar-refractivity contribution >= 4 is 11.5 Å². The van der Waals surface area contributed by atoms with Crippen molar-refractivity contribution in [1.82, 2.24) is 9.13 Å². The molecule has 0 amide bonds. The minimum Gasteiger partial charge on any atom is -0.383 e. The van der Waals surface area contributed by atoms with E-state index in [0.717, 1.165) is 36.7 Å². The molecule has 0 atom stereocenters. The average Bonchev–Trinajstić information content (AvgIpc) is 2.39. The number of nitrogen functional groups attached to an aromatic ring is 1. The molecule has 0 aromatic carbocycles. The van der Waals surface area contributed by atoms with Gasteiger partial charge in [0.2, 0.25) is 0 Å². The van der Waals surface area contributed by atoms with E-state index in [0.29, 0.717) is 12.2 Å². The van der Waals surface area contributed by atoms with E-state index in [4.69, 9.17) is 5.73 Å². The summed E-state index contributed by atoms with van der Waals surface area (Å²) in [7, 11) is 1.50. The average molecular weight is 280 g/mol. The predicted molar refractivity (Wildman–Crippen MR) is 81.1 cm³/mol. The number of rotatable bonds is 5. The maximum absolute atomic E-state index is 12.3. The summed E-state index contributed by atoms with van der Waals surface area (Å²) in [4.78, 5) is 24.4. The van der Waals surface area contributed by atoms with Crippen molar-refractivity contribution in [2.45, 2.75) is 58.0 Å². The summed E-state index contributed by atoms with van der Waals surface area (Å²) in [6, 6.07) is 0. The maximum Gasteiger partial charge on any atom is 0.332 e. The predicted octanol–water partition coefficient (Wildman–Crippen LogP) is 1.28. The van der Waals surface area contributed by atoms with Crippen LogP contribution in [0.2, 0.25) is 0 Å². The number of nitrogens with two attached hydrogens (primary N) is 1. The van der Waals surface area contributed by atoms with Crippen LogP contribution in [0, 0.1) is 0 Å². The molecule has 0 saturated heterocycles. The second kappa shape index (κ2) is 5.34. The van der Waals surface area contributed by atoms with Gasteiger partial charge in [-0.25, -0.2) is 4.79 Å². The molecule has 6 heteroatoms. The second-order valence-corrected chi connectivity index (χ2v) is 5.95. The Bertz CT molecular complexity index is 611. The second-order valence-electron chi connectivity index (χ2n) is 5.95. The summed E-state index contributed by atoms with van der Waals surface area (Å²) in [5, 5.41) is 3.26. The molecule has 0 spiro atoms. The molecule has 112 valence electrons. The van der Waals surface area contributed by atoms with Crippen LogP contribution < -0.4 is 22.3 Å². The fourth-order valence-electron chi connectivity index (χ4n) is 2.57. The summed E-state index contributed by atoms with van der Waals surface area (Å²) in [6.07, 6.45) is 5.01. The fraction of sp³-hybridized carbons (Fsp3) is 0.714. The summed E-state index contributed by atoms with van der Waals surface area (Å²) in [5.41, 5.74) is 5.68. The van der Waals surface area contributed by atoms with E-state index in [1.54, 1.807) is 0 Å². The number of unbranched alkanes of at least 4 members (excludes halogenated alkanes) is 1. The van der Waals surface area contributed by atoms with Crippen LogP contribution in [0.5, 0.6) is 0 Å². The summed E-state index contributed by atoms with van der Waals surface area (Å²) in [6.45, 7) is 4.68. The van der Waals surface area contributed by atoms with E-state index < -0.39 is 0 Å². The largest absolute Gasteiger partial charge is 0.383 e. The first-order chi connectivity index (χ1) is 9.39. The topological polar surface area (TPSA) is 82.0 Å². The minimum atomic E-state index is -0.342. The molecule has 3 N–H and O–H groups in total. The van der Waals surface area contributed by atoms with Gasteiger partial charge in [0.25, 0.3) is 5.56 Å². The van der Waals surface area contributed by atoms with Gasteiger partial charge in [0, 0.05) is 19.1 Å². The Hall–Kier alpha value is -1.72. The van der Waals surface area contributed by atoms with Gasteiger partial charge in [0.05, 0.1) is 0 Å². The highest BCUT2D eigenvalue weighted by Crippen LogP contribution is 2.34. The Balaban J connectivity index is 2.47. The molecule has 1 aromatic rings. The van der Waals surface area contributed by atoms with Gasteiger partial charge >= 0.3 is 5.69 Å². The first-order valence-corrected chi connectivity index (χ1v) is 7.27. The van der Waals surface area contributed by atoms with E-state index in [-0.39, 0.29) is 22.6 Å². The van der Waals surface area contributed by atoms with Gasteiger partial charge in [-0.1, -0.05) is 13.3 Å². The number of hydrogen-bond donors (Lipinski definition) is 2. The van der Waals surface area contributed by atoms with E-state index in [9.17, 15) is 9.59 Å². The molecule has 0 aliphatic heterocycles. The van der Waals surface area contributed by atoms with Crippen molar-refractivity contribution < 1.29 is 0 Å². The van der Waals surface area contributed by atoms with Crippen LogP contribution in [-0.4, -0.2) is 14.7 Å². The van der Waals surface area contributed by atoms with Crippen LogP contribution in [0.15, 0.2) is 9.59 Å². The van der Waals surface area contributed by atoms with E-state index in [1.165, 1.54) is 11.6 Å². The zero-order chi connectivity index (χ0) is 14.9. The quantitative estimate of drug-likeness (QED) is 0.851. The highest BCUT2D eigenvalue weighted by molar-refractivity contribution is 5.62. The first kappa shape index (κ1) is 14.7. The van der Waals surface area contributed by atoms with Crippen LogP contribution in [-0.2, 0) is 13.6 Å². The van der Waals surface area contributed by atoms with Crippen LogP contribution in [0.3, 0.4) is 0 Å². The van der Waals surface area contributed by atoms with Crippen molar-refractivity contribution in [3.8, 4) is 0 Å². The lowest BCUT2D eigenvalue weighted by molar-refractivity contribution is 0.306. The molecule has 1 heterocycles. The van der Waals surface area contributed by atoms with Gasteiger partial charge < -0.3 is 11.1 Å². The van der Waals surface area contributed by atoms with Gasteiger partial charge in [-0.15, -0.1) is 0 Å². The zero-order valence-electron chi connectivity index (χ0n) is 12.5. The standard InChI is InChI=1S/C14H24N4O2/c1-4-5-9-18-11(15)10(12(19)17(3)13(18)20)16-14(2)7-6-8-14/h16H,4-9,15H2,1-3H3. The number of anilines is 2. The number of aromatic nitrogens is 2. The van der Waals surface area contributed by atoms with Crippen molar-refractivity contribution in [2.75, 3.05) is 11.1 Å². The SMILES string of the molecule is CCCCn1c(N)c(NC2(C)CCC2)c(=O)n(C)c1=O. The third kappa shape index (κ3) is 2.46. The van der Waals surface area contributed by atoms with Gasteiger partial charge in [-0.2, -0.15) is 0 Å². The third-order valence-corrected chi connectivity index (χ3v) is 4.20. The lowest BCUT2D eigenvalue weighted by Crippen LogP contribution is -2.47. The molecule has 2 rings (SSSR count). The van der Waals surface area contributed by atoms with Crippen LogP contribution >= 0.6 is 0 Å². The first-order valence-electron chi connectivity index (χ1n) is 7.27. The van der Waals surface area contributed by atoms with E-state index in [2.05, 4.69) is 19.2 Å². The molecule has 1 aromatic heterocycles.